The molecule has 15 heavy (non-hydrogen) atoms. The number of pyridine rings is 1. The molecule has 0 aliphatic carbocycles. The van der Waals surface area contributed by atoms with Gasteiger partial charge in [0.15, 0.2) is 5.82 Å². The quantitative estimate of drug-likeness (QED) is 0.801. The van der Waals surface area contributed by atoms with Crippen LogP contribution in [0.4, 0.5) is 4.39 Å². The zero-order chi connectivity index (χ0) is 10.7. The number of ether oxygens (including phenoxy) is 2. The molecule has 2 heterocycles. The zero-order valence-electron chi connectivity index (χ0n) is 8.08. The lowest BCUT2D eigenvalue weighted by Crippen LogP contribution is -2.17. The smallest absolute Gasteiger partial charge is 0.250 e. The Morgan fingerprint density at radius 3 is 3.20 bits per heavy atom. The minimum atomic E-state index is -0.541. The number of nitrogens with zero attached hydrogens (tertiary/aromatic N) is 1. The fourth-order valence-electron chi connectivity index (χ4n) is 1.46. The van der Waals surface area contributed by atoms with E-state index in [9.17, 15) is 4.39 Å². The molecule has 3 nitrogen and oxygen atoms in total. The van der Waals surface area contributed by atoms with Crippen molar-refractivity contribution in [3.8, 4) is 5.88 Å². The lowest BCUT2D eigenvalue weighted by atomic mass is 10.2. The molecule has 1 fully saturated rings. The first kappa shape index (κ1) is 10.6. The summed E-state index contributed by atoms with van der Waals surface area (Å²) in [7, 11) is 0. The first-order chi connectivity index (χ1) is 7.25. The van der Waals surface area contributed by atoms with E-state index in [1.165, 1.54) is 12.3 Å². The summed E-state index contributed by atoms with van der Waals surface area (Å²) in [5.74, 6) is -0.560. The van der Waals surface area contributed by atoms with Crippen LogP contribution in [0.1, 0.15) is 12.8 Å². The van der Waals surface area contributed by atoms with E-state index in [-0.39, 0.29) is 17.0 Å². The third kappa shape index (κ3) is 2.79. The minimum Gasteiger partial charge on any atom is -0.473 e. The van der Waals surface area contributed by atoms with Gasteiger partial charge in [-0.05, 0) is 18.9 Å². The van der Waals surface area contributed by atoms with E-state index in [0.29, 0.717) is 6.61 Å². The standard InChI is InChI=1S/C10H11ClFNO2/c11-7-4-9(12)10(13-5-7)15-6-8-2-1-3-14-8/h4-5,8H,1-3,6H2. The number of hydrogen-bond acceptors (Lipinski definition) is 3. The largest absolute Gasteiger partial charge is 0.473 e. The Morgan fingerprint density at radius 2 is 2.53 bits per heavy atom. The van der Waals surface area contributed by atoms with Gasteiger partial charge in [-0.1, -0.05) is 11.6 Å². The normalized spacial score (nSPS) is 20.5. The van der Waals surface area contributed by atoms with Crippen molar-refractivity contribution < 1.29 is 13.9 Å². The predicted octanol–water partition coefficient (Wildman–Crippen LogP) is 2.43. The van der Waals surface area contributed by atoms with Crippen molar-refractivity contribution in [1.82, 2.24) is 4.98 Å². The van der Waals surface area contributed by atoms with Gasteiger partial charge in [-0.15, -0.1) is 0 Å². The summed E-state index contributed by atoms with van der Waals surface area (Å²) in [4.78, 5) is 3.75. The van der Waals surface area contributed by atoms with Crippen LogP contribution in [0.15, 0.2) is 12.3 Å². The minimum absolute atomic E-state index is 0.0186. The summed E-state index contributed by atoms with van der Waals surface area (Å²) in [6.07, 6.45) is 3.40. The van der Waals surface area contributed by atoms with E-state index < -0.39 is 5.82 Å². The van der Waals surface area contributed by atoms with Gasteiger partial charge in [0.25, 0.3) is 5.88 Å². The second kappa shape index (κ2) is 4.77. The second-order valence-corrected chi connectivity index (χ2v) is 3.82. The zero-order valence-corrected chi connectivity index (χ0v) is 8.84. The van der Waals surface area contributed by atoms with Gasteiger partial charge in [0.05, 0.1) is 11.1 Å². The van der Waals surface area contributed by atoms with Crippen LogP contribution < -0.4 is 4.74 Å². The van der Waals surface area contributed by atoms with Crippen molar-refractivity contribution in [2.45, 2.75) is 18.9 Å². The van der Waals surface area contributed by atoms with Crippen LogP contribution in [0.2, 0.25) is 5.02 Å². The third-order valence-corrected chi connectivity index (χ3v) is 2.41. The Balaban J connectivity index is 1.92. The molecule has 0 saturated carbocycles. The number of hydrogen-bond donors (Lipinski definition) is 0. The predicted molar refractivity (Wildman–Crippen MR) is 53.7 cm³/mol. The van der Waals surface area contributed by atoms with Gasteiger partial charge in [-0.25, -0.2) is 9.37 Å². The third-order valence-electron chi connectivity index (χ3n) is 2.20. The molecular weight excluding hydrogens is 221 g/mol. The fraction of sp³-hybridized carbons (Fsp3) is 0.500. The molecule has 2 rings (SSSR count). The molecule has 1 saturated heterocycles. The van der Waals surface area contributed by atoms with E-state index in [1.54, 1.807) is 0 Å². The Kier molecular flexibility index (Phi) is 3.38. The van der Waals surface area contributed by atoms with Gasteiger partial charge in [-0.3, -0.25) is 0 Å². The summed E-state index contributed by atoms with van der Waals surface area (Å²) >= 11 is 5.56. The van der Waals surface area contributed by atoms with Crippen LogP contribution in [0, 0.1) is 5.82 Å². The summed E-state index contributed by atoms with van der Waals surface area (Å²) in [6, 6.07) is 1.18. The van der Waals surface area contributed by atoms with Crippen LogP contribution in [0.5, 0.6) is 5.88 Å². The van der Waals surface area contributed by atoms with Gasteiger partial charge < -0.3 is 9.47 Å². The maximum absolute atomic E-state index is 13.2. The summed E-state index contributed by atoms with van der Waals surface area (Å²) in [5.41, 5.74) is 0. The first-order valence-corrected chi connectivity index (χ1v) is 5.19. The Bertz CT molecular complexity index is 342. The summed E-state index contributed by atoms with van der Waals surface area (Å²) in [6.45, 7) is 1.09. The highest BCUT2D eigenvalue weighted by atomic mass is 35.5. The van der Waals surface area contributed by atoms with Gasteiger partial charge >= 0.3 is 0 Å². The molecule has 0 aromatic carbocycles. The van der Waals surface area contributed by atoms with Crippen molar-refractivity contribution in [1.29, 1.82) is 0 Å². The van der Waals surface area contributed by atoms with Crippen LogP contribution in [0.25, 0.3) is 0 Å². The lowest BCUT2D eigenvalue weighted by molar-refractivity contribution is 0.0648. The van der Waals surface area contributed by atoms with Crippen molar-refractivity contribution in [2.75, 3.05) is 13.2 Å². The Morgan fingerprint density at radius 1 is 1.67 bits per heavy atom. The topological polar surface area (TPSA) is 31.4 Å². The van der Waals surface area contributed by atoms with Crippen LogP contribution in [-0.2, 0) is 4.74 Å². The molecule has 1 aliphatic heterocycles. The molecule has 1 aromatic heterocycles. The van der Waals surface area contributed by atoms with Crippen molar-refractivity contribution in [3.63, 3.8) is 0 Å². The molecule has 0 bridgehead atoms. The molecular formula is C10H11ClFNO2. The number of aromatic nitrogens is 1. The highest BCUT2D eigenvalue weighted by molar-refractivity contribution is 6.30. The lowest BCUT2D eigenvalue weighted by Gasteiger charge is -2.10. The van der Waals surface area contributed by atoms with E-state index in [1.807, 2.05) is 0 Å². The molecule has 1 unspecified atom stereocenters. The Hall–Kier alpha value is -0.870. The highest BCUT2D eigenvalue weighted by Gasteiger charge is 2.17. The van der Waals surface area contributed by atoms with Gasteiger partial charge in [0.2, 0.25) is 0 Å². The number of rotatable bonds is 3. The van der Waals surface area contributed by atoms with Crippen molar-refractivity contribution in [2.24, 2.45) is 0 Å². The molecule has 0 amide bonds. The molecule has 1 aliphatic rings. The average Bonchev–Trinajstić information content (AvgIpc) is 2.69. The first-order valence-electron chi connectivity index (χ1n) is 4.81. The van der Waals surface area contributed by atoms with Crippen LogP contribution >= 0.6 is 11.6 Å². The molecule has 1 atom stereocenters. The van der Waals surface area contributed by atoms with Gasteiger partial charge in [-0.2, -0.15) is 0 Å². The van der Waals surface area contributed by atoms with Crippen LogP contribution in [-0.4, -0.2) is 24.3 Å². The molecule has 0 spiro atoms. The van der Waals surface area contributed by atoms with E-state index in [4.69, 9.17) is 21.1 Å². The van der Waals surface area contributed by atoms with Crippen molar-refractivity contribution in [3.05, 3.63) is 23.1 Å². The van der Waals surface area contributed by atoms with Gasteiger partial charge in [0.1, 0.15) is 6.61 Å². The average molecular weight is 232 g/mol. The Labute approximate surface area is 92.2 Å². The molecule has 5 heteroatoms. The fourth-order valence-corrected chi connectivity index (χ4v) is 1.60. The second-order valence-electron chi connectivity index (χ2n) is 3.39. The van der Waals surface area contributed by atoms with Crippen molar-refractivity contribution >= 4 is 11.6 Å². The maximum Gasteiger partial charge on any atom is 0.250 e. The van der Waals surface area contributed by atoms with E-state index >= 15 is 0 Å². The van der Waals surface area contributed by atoms with Gasteiger partial charge in [0, 0.05) is 12.8 Å². The molecule has 0 radical (unpaired) electrons. The monoisotopic (exact) mass is 231 g/mol. The molecule has 1 aromatic rings. The highest BCUT2D eigenvalue weighted by Crippen LogP contribution is 2.19. The van der Waals surface area contributed by atoms with E-state index in [0.717, 1.165) is 19.4 Å². The molecule has 82 valence electrons. The summed E-state index contributed by atoms with van der Waals surface area (Å²) < 4.78 is 23.8. The van der Waals surface area contributed by atoms with Crippen LogP contribution in [0.3, 0.4) is 0 Å². The van der Waals surface area contributed by atoms with E-state index in [2.05, 4.69) is 4.98 Å². The SMILES string of the molecule is Fc1cc(Cl)cnc1OCC1CCCO1. The number of halogens is 2. The molecule has 0 N–H and O–H groups in total. The summed E-state index contributed by atoms with van der Waals surface area (Å²) in [5, 5.41) is 0.261. The maximum atomic E-state index is 13.2.